The van der Waals surface area contributed by atoms with E-state index in [2.05, 4.69) is 9.97 Å². The van der Waals surface area contributed by atoms with Gasteiger partial charge < -0.3 is 20.3 Å². The van der Waals surface area contributed by atoms with Gasteiger partial charge in [0.2, 0.25) is 11.4 Å². The maximum atomic E-state index is 13.3. The third-order valence-corrected chi connectivity index (χ3v) is 4.57. The zero-order chi connectivity index (χ0) is 19.1. The van der Waals surface area contributed by atoms with E-state index >= 15 is 0 Å². The van der Waals surface area contributed by atoms with Gasteiger partial charge in [-0.1, -0.05) is 0 Å². The van der Waals surface area contributed by atoms with E-state index in [0.29, 0.717) is 24.7 Å². The molecule has 3 heterocycles. The highest BCUT2D eigenvalue weighted by molar-refractivity contribution is 5.92. The zero-order valence-corrected chi connectivity index (χ0v) is 14.2. The molecule has 0 spiro atoms. The van der Waals surface area contributed by atoms with Crippen molar-refractivity contribution in [2.45, 2.75) is 12.5 Å². The average molecular weight is 369 g/mol. The van der Waals surface area contributed by atoms with E-state index in [0.717, 1.165) is 6.42 Å². The lowest BCUT2D eigenvalue weighted by Crippen LogP contribution is -2.28. The van der Waals surface area contributed by atoms with Crippen LogP contribution in [0, 0.1) is 5.82 Å². The molecule has 3 aromatic rings. The predicted molar refractivity (Wildman–Crippen MR) is 96.9 cm³/mol. The minimum absolute atomic E-state index is 0.0259. The van der Waals surface area contributed by atoms with Gasteiger partial charge in [0, 0.05) is 37.2 Å². The highest BCUT2D eigenvalue weighted by atomic mass is 19.1. The van der Waals surface area contributed by atoms with E-state index in [9.17, 15) is 19.1 Å². The normalized spacial score (nSPS) is 16.8. The van der Waals surface area contributed by atoms with Crippen molar-refractivity contribution in [2.24, 2.45) is 5.73 Å². The first-order chi connectivity index (χ1) is 12.9. The quantitative estimate of drug-likeness (QED) is 0.712. The van der Waals surface area contributed by atoms with Gasteiger partial charge in [-0.15, -0.1) is 0 Å². The Morgan fingerprint density at radius 3 is 2.67 bits per heavy atom. The van der Waals surface area contributed by atoms with Crippen LogP contribution in [0.5, 0.6) is 0 Å². The molecule has 0 saturated carbocycles. The minimum atomic E-state index is -1.35. The second kappa shape index (κ2) is 6.44. The van der Waals surface area contributed by atoms with Crippen LogP contribution >= 0.6 is 0 Å². The van der Waals surface area contributed by atoms with Crippen LogP contribution in [0.3, 0.4) is 0 Å². The van der Waals surface area contributed by atoms with Crippen LogP contribution in [0.15, 0.2) is 41.5 Å². The molecular weight excluding hydrogens is 353 g/mol. The van der Waals surface area contributed by atoms with E-state index in [4.69, 9.17) is 5.73 Å². The first kappa shape index (κ1) is 17.1. The Balaban J connectivity index is 1.97. The number of aromatic nitrogens is 3. The number of nitrogens with zero attached hydrogens (tertiary/aromatic N) is 4. The molecule has 1 saturated heterocycles. The number of carbonyl (C=O) groups is 1. The lowest BCUT2D eigenvalue weighted by atomic mass is 10.2. The van der Waals surface area contributed by atoms with Crippen molar-refractivity contribution < 1.29 is 14.3 Å². The number of pyridine rings is 1. The summed E-state index contributed by atoms with van der Waals surface area (Å²) in [5, 5.41) is 9.44. The SMILES string of the molecule is NC1CCN(c2ncc3c(=O)c(C(=O)O)cn(-c4ccc(F)cc4)c3n2)C1. The molecule has 138 valence electrons. The molecule has 2 aromatic heterocycles. The third kappa shape index (κ3) is 3.02. The molecule has 0 aliphatic carbocycles. The highest BCUT2D eigenvalue weighted by Gasteiger charge is 2.23. The van der Waals surface area contributed by atoms with Crippen molar-refractivity contribution in [1.29, 1.82) is 0 Å². The van der Waals surface area contributed by atoms with Crippen LogP contribution in [-0.4, -0.2) is 44.7 Å². The van der Waals surface area contributed by atoms with Crippen molar-refractivity contribution in [3.05, 3.63) is 58.3 Å². The van der Waals surface area contributed by atoms with E-state index in [1.807, 2.05) is 4.90 Å². The summed E-state index contributed by atoms with van der Waals surface area (Å²) >= 11 is 0. The van der Waals surface area contributed by atoms with Gasteiger partial charge >= 0.3 is 5.97 Å². The van der Waals surface area contributed by atoms with Crippen LogP contribution in [-0.2, 0) is 0 Å². The highest BCUT2D eigenvalue weighted by Crippen LogP contribution is 2.21. The Morgan fingerprint density at radius 2 is 2.04 bits per heavy atom. The smallest absolute Gasteiger partial charge is 0.341 e. The summed E-state index contributed by atoms with van der Waals surface area (Å²) in [6, 6.07) is 5.50. The predicted octanol–water partition coefficient (Wildman–Crippen LogP) is 1.16. The fourth-order valence-corrected chi connectivity index (χ4v) is 3.17. The standard InChI is InChI=1S/C18H16FN5O3/c19-10-1-3-12(4-2-10)24-9-14(17(26)27)15(25)13-7-21-18(22-16(13)24)23-6-5-11(20)8-23/h1-4,7,9,11H,5-6,8,20H2,(H,26,27). The largest absolute Gasteiger partial charge is 0.477 e. The topological polar surface area (TPSA) is 114 Å². The Hall–Kier alpha value is -3.33. The molecule has 0 bridgehead atoms. The number of carboxylic acid groups (broad SMARTS) is 1. The first-order valence-corrected chi connectivity index (χ1v) is 8.36. The number of anilines is 1. The Kier molecular flexibility index (Phi) is 4.08. The molecule has 27 heavy (non-hydrogen) atoms. The summed E-state index contributed by atoms with van der Waals surface area (Å²) in [7, 11) is 0. The Labute approximate surface area is 152 Å². The van der Waals surface area contributed by atoms with E-state index in [-0.39, 0.29) is 17.1 Å². The van der Waals surface area contributed by atoms with Gasteiger partial charge in [0.15, 0.2) is 5.65 Å². The molecule has 1 fully saturated rings. The molecule has 1 atom stereocenters. The Morgan fingerprint density at radius 1 is 1.30 bits per heavy atom. The third-order valence-electron chi connectivity index (χ3n) is 4.57. The van der Waals surface area contributed by atoms with Gasteiger partial charge in [-0.3, -0.25) is 4.79 Å². The van der Waals surface area contributed by atoms with E-state index < -0.39 is 22.8 Å². The van der Waals surface area contributed by atoms with Crippen LogP contribution in [0.2, 0.25) is 0 Å². The molecule has 0 amide bonds. The summed E-state index contributed by atoms with van der Waals surface area (Å²) in [5.74, 6) is -1.37. The number of fused-ring (bicyclic) bond motifs is 1. The second-order valence-electron chi connectivity index (χ2n) is 6.43. The van der Waals surface area contributed by atoms with Crippen molar-refractivity contribution in [3.63, 3.8) is 0 Å². The molecular formula is C18H16FN5O3. The number of rotatable bonds is 3. The van der Waals surface area contributed by atoms with Crippen molar-refractivity contribution in [1.82, 2.24) is 14.5 Å². The number of aromatic carboxylic acids is 1. The number of benzene rings is 1. The lowest BCUT2D eigenvalue weighted by molar-refractivity contribution is 0.0695. The van der Waals surface area contributed by atoms with Gasteiger partial charge in [0.25, 0.3) is 0 Å². The number of hydrogen-bond donors (Lipinski definition) is 2. The summed E-state index contributed by atoms with van der Waals surface area (Å²) in [4.78, 5) is 34.6. The first-order valence-electron chi connectivity index (χ1n) is 8.36. The molecule has 1 aliphatic heterocycles. The number of hydrogen-bond acceptors (Lipinski definition) is 6. The summed E-state index contributed by atoms with van der Waals surface area (Å²) in [6.07, 6.45) is 3.34. The molecule has 1 unspecified atom stereocenters. The van der Waals surface area contributed by atoms with Crippen molar-refractivity contribution in [2.75, 3.05) is 18.0 Å². The fraction of sp³-hybridized carbons (Fsp3) is 0.222. The number of carboxylic acids is 1. The molecule has 1 aliphatic rings. The van der Waals surface area contributed by atoms with Gasteiger partial charge in [-0.05, 0) is 30.7 Å². The summed E-state index contributed by atoms with van der Waals surface area (Å²) < 4.78 is 14.8. The average Bonchev–Trinajstić information content (AvgIpc) is 3.09. The van der Waals surface area contributed by atoms with E-state index in [1.165, 1.54) is 41.2 Å². The van der Waals surface area contributed by atoms with Crippen LogP contribution in [0.4, 0.5) is 10.3 Å². The minimum Gasteiger partial charge on any atom is -0.477 e. The molecule has 9 heteroatoms. The maximum absolute atomic E-state index is 13.3. The van der Waals surface area contributed by atoms with Crippen LogP contribution < -0.4 is 16.1 Å². The van der Waals surface area contributed by atoms with Crippen molar-refractivity contribution >= 4 is 23.0 Å². The molecule has 3 N–H and O–H groups in total. The van der Waals surface area contributed by atoms with E-state index in [1.54, 1.807) is 0 Å². The number of halogens is 1. The monoisotopic (exact) mass is 369 g/mol. The van der Waals surface area contributed by atoms with Gasteiger partial charge in [0.05, 0.1) is 5.39 Å². The van der Waals surface area contributed by atoms with Gasteiger partial charge in [-0.2, -0.15) is 4.98 Å². The Bertz CT molecular complexity index is 1100. The number of nitrogens with two attached hydrogens (primary N) is 1. The lowest BCUT2D eigenvalue weighted by Gasteiger charge is -2.17. The summed E-state index contributed by atoms with van der Waals surface area (Å²) in [5.41, 5.74) is 5.59. The molecule has 8 nitrogen and oxygen atoms in total. The molecule has 4 rings (SSSR count). The van der Waals surface area contributed by atoms with Crippen molar-refractivity contribution in [3.8, 4) is 5.69 Å². The van der Waals surface area contributed by atoms with Gasteiger partial charge in [0.1, 0.15) is 11.4 Å². The van der Waals surface area contributed by atoms with Crippen LogP contribution in [0.1, 0.15) is 16.8 Å². The molecule has 1 aromatic carbocycles. The second-order valence-corrected chi connectivity index (χ2v) is 6.43. The summed E-state index contributed by atoms with van der Waals surface area (Å²) in [6.45, 7) is 1.29. The fourth-order valence-electron chi connectivity index (χ4n) is 3.17. The van der Waals surface area contributed by atoms with Gasteiger partial charge in [-0.25, -0.2) is 14.2 Å². The maximum Gasteiger partial charge on any atom is 0.341 e. The molecule has 0 radical (unpaired) electrons. The van der Waals surface area contributed by atoms with Crippen LogP contribution in [0.25, 0.3) is 16.7 Å². The zero-order valence-electron chi connectivity index (χ0n) is 14.2.